The molecule has 2 rings (SSSR count). The minimum absolute atomic E-state index is 0.0407. The molecule has 0 aromatic heterocycles. The van der Waals surface area contributed by atoms with Gasteiger partial charge in [-0.25, -0.2) is 0 Å². The van der Waals surface area contributed by atoms with E-state index in [1.807, 2.05) is 49.4 Å². The smallest absolute Gasteiger partial charge is 0.261 e. The van der Waals surface area contributed by atoms with Crippen molar-refractivity contribution in [3.8, 4) is 5.75 Å². The van der Waals surface area contributed by atoms with Gasteiger partial charge in [0.25, 0.3) is 5.91 Å². The summed E-state index contributed by atoms with van der Waals surface area (Å²) in [6.07, 6.45) is -0.560. The number of rotatable bonds is 6. The van der Waals surface area contributed by atoms with Crippen LogP contribution in [-0.2, 0) is 9.53 Å². The highest BCUT2D eigenvalue weighted by atomic mass is 16.5. The molecule has 0 aliphatic heterocycles. The molecule has 0 heterocycles. The van der Waals surface area contributed by atoms with E-state index in [1.165, 1.54) is 0 Å². The fourth-order valence-electron chi connectivity index (χ4n) is 2.19. The van der Waals surface area contributed by atoms with Crippen LogP contribution in [-0.4, -0.2) is 31.8 Å². The van der Waals surface area contributed by atoms with Crippen molar-refractivity contribution in [1.82, 2.24) is 5.32 Å². The molecule has 0 aliphatic rings. The molecule has 0 saturated heterocycles. The summed E-state index contributed by atoms with van der Waals surface area (Å²) in [5, 5.41) is 4.96. The zero-order chi connectivity index (χ0) is 15.2. The van der Waals surface area contributed by atoms with Crippen molar-refractivity contribution >= 4 is 16.7 Å². The first-order valence-electron chi connectivity index (χ1n) is 7.05. The molecule has 4 heteroatoms. The van der Waals surface area contributed by atoms with Crippen LogP contribution in [0.5, 0.6) is 5.75 Å². The molecule has 0 fully saturated rings. The second-order valence-corrected chi connectivity index (χ2v) is 5.10. The van der Waals surface area contributed by atoms with E-state index in [4.69, 9.17) is 9.47 Å². The van der Waals surface area contributed by atoms with Gasteiger partial charge in [-0.3, -0.25) is 4.79 Å². The van der Waals surface area contributed by atoms with E-state index >= 15 is 0 Å². The van der Waals surface area contributed by atoms with Gasteiger partial charge in [-0.15, -0.1) is 0 Å². The topological polar surface area (TPSA) is 47.6 Å². The summed E-state index contributed by atoms with van der Waals surface area (Å²) in [4.78, 5) is 12.1. The third kappa shape index (κ3) is 3.95. The zero-order valence-corrected chi connectivity index (χ0v) is 12.6. The lowest BCUT2D eigenvalue weighted by atomic mass is 10.1. The lowest BCUT2D eigenvalue weighted by Gasteiger charge is -2.19. The highest BCUT2D eigenvalue weighted by Gasteiger charge is 2.17. The molecule has 0 saturated carbocycles. The van der Waals surface area contributed by atoms with Gasteiger partial charge in [-0.2, -0.15) is 0 Å². The average molecular weight is 287 g/mol. The van der Waals surface area contributed by atoms with Crippen LogP contribution in [0, 0.1) is 0 Å². The first-order valence-corrected chi connectivity index (χ1v) is 7.05. The summed E-state index contributed by atoms with van der Waals surface area (Å²) in [7, 11) is 1.61. The minimum atomic E-state index is -0.560. The van der Waals surface area contributed by atoms with Crippen LogP contribution in [0.25, 0.3) is 10.8 Å². The number of ether oxygens (including phenoxy) is 2. The Morgan fingerprint density at radius 1 is 1.14 bits per heavy atom. The molecule has 1 N–H and O–H groups in total. The second kappa shape index (κ2) is 7.09. The molecule has 112 valence electrons. The van der Waals surface area contributed by atoms with Crippen molar-refractivity contribution in [1.29, 1.82) is 0 Å². The van der Waals surface area contributed by atoms with E-state index in [2.05, 4.69) is 5.32 Å². The molecule has 2 aromatic rings. The number of nitrogens with one attached hydrogen (secondary N) is 1. The molecule has 1 amide bonds. The van der Waals surface area contributed by atoms with Crippen molar-refractivity contribution in [3.63, 3.8) is 0 Å². The Labute approximate surface area is 125 Å². The van der Waals surface area contributed by atoms with Crippen LogP contribution in [0.4, 0.5) is 0 Å². The number of amides is 1. The molecular weight excluding hydrogens is 266 g/mol. The molecule has 0 aliphatic carbocycles. The SMILES string of the molecule is COC[C@@H](C)NC(=O)[C@H](C)Oc1cccc2ccccc12. The van der Waals surface area contributed by atoms with Crippen LogP contribution in [0.2, 0.25) is 0 Å². The van der Waals surface area contributed by atoms with Gasteiger partial charge in [-0.05, 0) is 25.3 Å². The maximum atomic E-state index is 12.1. The van der Waals surface area contributed by atoms with Crippen LogP contribution >= 0.6 is 0 Å². The molecular formula is C17H21NO3. The van der Waals surface area contributed by atoms with Crippen molar-refractivity contribution in [2.24, 2.45) is 0 Å². The van der Waals surface area contributed by atoms with E-state index in [0.717, 1.165) is 16.5 Å². The summed E-state index contributed by atoms with van der Waals surface area (Å²) < 4.78 is 10.8. The van der Waals surface area contributed by atoms with E-state index in [-0.39, 0.29) is 11.9 Å². The molecule has 0 radical (unpaired) electrons. The van der Waals surface area contributed by atoms with Gasteiger partial charge in [-0.1, -0.05) is 36.4 Å². The number of hydrogen-bond acceptors (Lipinski definition) is 3. The maximum absolute atomic E-state index is 12.1. The Morgan fingerprint density at radius 2 is 1.86 bits per heavy atom. The van der Waals surface area contributed by atoms with E-state index in [0.29, 0.717) is 6.61 Å². The molecule has 4 nitrogen and oxygen atoms in total. The fourth-order valence-corrected chi connectivity index (χ4v) is 2.19. The second-order valence-electron chi connectivity index (χ2n) is 5.10. The number of fused-ring (bicyclic) bond motifs is 1. The predicted octanol–water partition coefficient (Wildman–Crippen LogP) is 2.76. The molecule has 0 spiro atoms. The first kappa shape index (κ1) is 15.3. The van der Waals surface area contributed by atoms with E-state index in [1.54, 1.807) is 14.0 Å². The maximum Gasteiger partial charge on any atom is 0.261 e. The molecule has 2 atom stereocenters. The Hall–Kier alpha value is -2.07. The third-order valence-electron chi connectivity index (χ3n) is 3.23. The van der Waals surface area contributed by atoms with Crippen LogP contribution in [0.3, 0.4) is 0 Å². The van der Waals surface area contributed by atoms with Crippen LogP contribution < -0.4 is 10.1 Å². The minimum Gasteiger partial charge on any atom is -0.480 e. The Morgan fingerprint density at radius 3 is 2.62 bits per heavy atom. The summed E-state index contributed by atoms with van der Waals surface area (Å²) >= 11 is 0. The van der Waals surface area contributed by atoms with Crippen molar-refractivity contribution < 1.29 is 14.3 Å². The van der Waals surface area contributed by atoms with Gasteiger partial charge >= 0.3 is 0 Å². The number of carbonyl (C=O) groups excluding carboxylic acids is 1. The van der Waals surface area contributed by atoms with Gasteiger partial charge in [0, 0.05) is 18.5 Å². The first-order chi connectivity index (χ1) is 10.1. The number of carbonyl (C=O) groups is 1. The largest absolute Gasteiger partial charge is 0.480 e. The molecule has 21 heavy (non-hydrogen) atoms. The average Bonchev–Trinajstić information content (AvgIpc) is 2.47. The van der Waals surface area contributed by atoms with Crippen molar-refractivity contribution in [2.45, 2.75) is 26.0 Å². The standard InChI is InChI=1S/C17H21NO3/c1-12(11-20-3)18-17(19)13(2)21-16-10-6-8-14-7-4-5-9-15(14)16/h4-10,12-13H,11H2,1-3H3,(H,18,19)/t12-,13+/m1/s1. The quantitative estimate of drug-likeness (QED) is 0.888. The van der Waals surface area contributed by atoms with Gasteiger partial charge in [0.2, 0.25) is 0 Å². The highest BCUT2D eigenvalue weighted by Crippen LogP contribution is 2.25. The normalized spacial score (nSPS) is 13.7. The predicted molar refractivity (Wildman–Crippen MR) is 83.5 cm³/mol. The van der Waals surface area contributed by atoms with Gasteiger partial charge in [0.05, 0.1) is 6.61 Å². The van der Waals surface area contributed by atoms with Crippen molar-refractivity contribution in [3.05, 3.63) is 42.5 Å². The Balaban J connectivity index is 2.07. The number of benzene rings is 2. The number of hydrogen-bond donors (Lipinski definition) is 1. The van der Waals surface area contributed by atoms with E-state index < -0.39 is 6.10 Å². The van der Waals surface area contributed by atoms with Gasteiger partial charge in [0.15, 0.2) is 6.10 Å². The molecule has 0 bridgehead atoms. The lowest BCUT2D eigenvalue weighted by Crippen LogP contribution is -2.43. The summed E-state index contributed by atoms with van der Waals surface area (Å²) in [5.41, 5.74) is 0. The number of methoxy groups -OCH3 is 1. The summed E-state index contributed by atoms with van der Waals surface area (Å²) in [6, 6.07) is 13.7. The van der Waals surface area contributed by atoms with Gasteiger partial charge in [0.1, 0.15) is 5.75 Å². The summed E-state index contributed by atoms with van der Waals surface area (Å²) in [6.45, 7) is 4.12. The molecule has 2 aromatic carbocycles. The zero-order valence-electron chi connectivity index (χ0n) is 12.6. The van der Waals surface area contributed by atoms with Crippen LogP contribution in [0.15, 0.2) is 42.5 Å². The van der Waals surface area contributed by atoms with E-state index in [9.17, 15) is 4.79 Å². The molecule has 0 unspecified atom stereocenters. The Bertz CT molecular complexity index is 607. The highest BCUT2D eigenvalue weighted by molar-refractivity contribution is 5.89. The Kier molecular flexibility index (Phi) is 5.17. The summed E-state index contributed by atoms with van der Waals surface area (Å²) in [5.74, 6) is 0.572. The fraction of sp³-hybridized carbons (Fsp3) is 0.353. The van der Waals surface area contributed by atoms with Crippen molar-refractivity contribution in [2.75, 3.05) is 13.7 Å². The lowest BCUT2D eigenvalue weighted by molar-refractivity contribution is -0.128. The van der Waals surface area contributed by atoms with Gasteiger partial charge < -0.3 is 14.8 Å². The monoisotopic (exact) mass is 287 g/mol. The van der Waals surface area contributed by atoms with Crippen LogP contribution in [0.1, 0.15) is 13.8 Å². The third-order valence-corrected chi connectivity index (χ3v) is 3.23.